The van der Waals surface area contributed by atoms with Crippen molar-refractivity contribution in [3.8, 4) is 0 Å². The molecule has 35 heavy (non-hydrogen) atoms. The van der Waals surface area contributed by atoms with Crippen LogP contribution in [0.2, 0.25) is 0 Å². The van der Waals surface area contributed by atoms with Crippen LogP contribution >= 0.6 is 0 Å². The molecule has 3 saturated carbocycles. The van der Waals surface area contributed by atoms with Gasteiger partial charge in [-0.2, -0.15) is 21.6 Å². The molecule has 1 N–H and O–H groups in total. The number of ether oxygens (including phenoxy) is 1. The van der Waals surface area contributed by atoms with Crippen LogP contribution in [0.1, 0.15) is 86.5 Å². The number of hydrogen-bond donors (Lipinski definition) is 1. The highest BCUT2D eigenvalue weighted by Crippen LogP contribution is 2.78. The summed E-state index contributed by atoms with van der Waals surface area (Å²) in [4.78, 5) is 11.6. The van der Waals surface area contributed by atoms with E-state index < -0.39 is 38.0 Å². The van der Waals surface area contributed by atoms with Gasteiger partial charge < -0.3 is 14.0 Å². The first-order valence-electron chi connectivity index (χ1n) is 12.3. The van der Waals surface area contributed by atoms with E-state index >= 15 is 0 Å². The Morgan fingerprint density at radius 1 is 1.06 bits per heavy atom. The van der Waals surface area contributed by atoms with Gasteiger partial charge in [-0.25, -0.2) is 0 Å². The molecule has 200 valence electrons. The third kappa shape index (κ3) is 3.37. The van der Waals surface area contributed by atoms with Crippen LogP contribution in [0.3, 0.4) is 0 Å². The van der Waals surface area contributed by atoms with Gasteiger partial charge in [0.05, 0.1) is 6.10 Å². The van der Waals surface area contributed by atoms with Crippen LogP contribution in [-0.2, 0) is 23.8 Å². The normalized spacial score (nSPS) is 47.7. The minimum atomic E-state index is -5.77. The number of esters is 1. The first-order chi connectivity index (χ1) is 15.8. The lowest BCUT2D eigenvalue weighted by molar-refractivity contribution is -0.275. The number of carbonyl (C=O) groups excluding carboxylic acids is 1. The van der Waals surface area contributed by atoms with Crippen molar-refractivity contribution in [1.82, 2.24) is 0 Å². The van der Waals surface area contributed by atoms with Crippen molar-refractivity contribution >= 4 is 16.1 Å². The molecule has 10 heteroatoms. The van der Waals surface area contributed by atoms with Crippen molar-refractivity contribution in [2.75, 3.05) is 0 Å². The second-order valence-corrected chi connectivity index (χ2v) is 14.0. The van der Waals surface area contributed by atoms with Gasteiger partial charge in [0.15, 0.2) is 0 Å². The van der Waals surface area contributed by atoms with Crippen LogP contribution in [0, 0.1) is 33.0 Å². The molecule has 2 unspecified atom stereocenters. The molecule has 0 saturated heterocycles. The quantitative estimate of drug-likeness (QED) is 0.301. The molecule has 0 aliphatic heterocycles. The third-order valence-corrected chi connectivity index (χ3v) is 12.3. The Hall–Kier alpha value is -1.29. The lowest BCUT2D eigenvalue weighted by atomic mass is 9.32. The molecule has 0 spiro atoms. The highest BCUT2D eigenvalue weighted by Gasteiger charge is 2.73. The van der Waals surface area contributed by atoms with E-state index in [0.717, 1.165) is 6.42 Å². The van der Waals surface area contributed by atoms with Gasteiger partial charge in [-0.05, 0) is 73.2 Å². The number of fused-ring (bicyclic) bond motifs is 5. The summed E-state index contributed by atoms with van der Waals surface area (Å²) in [6.45, 7) is 11.7. The van der Waals surface area contributed by atoms with Crippen molar-refractivity contribution in [3.63, 3.8) is 0 Å². The summed E-state index contributed by atoms with van der Waals surface area (Å²) in [6.07, 6.45) is 4.49. The van der Waals surface area contributed by atoms with Gasteiger partial charge in [0, 0.05) is 17.8 Å². The van der Waals surface area contributed by atoms with Gasteiger partial charge in [0.2, 0.25) is 0 Å². The standard InChI is InChI=1S/C25H37F3O6S/c1-15(29)33-16-7-10-24(6)21(3)11-12-22(4)19(34-35(31,32)25(26,27)28)8-9-20(22,2)17(21)13-18(30)23(24,5)14-16/h8,16-18,30H,7,9-14H2,1-6H3/t16-,17?,18?,20-,21-,22+,23+,24+/m0/s1. The van der Waals surface area contributed by atoms with E-state index in [9.17, 15) is 31.5 Å². The molecular weight excluding hydrogens is 485 g/mol. The van der Waals surface area contributed by atoms with Crippen LogP contribution in [-0.4, -0.2) is 37.2 Å². The van der Waals surface area contributed by atoms with Gasteiger partial charge >= 0.3 is 21.6 Å². The van der Waals surface area contributed by atoms with Gasteiger partial charge in [-0.1, -0.05) is 34.6 Å². The van der Waals surface area contributed by atoms with Gasteiger partial charge in [-0.15, -0.1) is 0 Å². The minimum Gasteiger partial charge on any atom is -0.463 e. The van der Waals surface area contributed by atoms with Gasteiger partial charge in [0.25, 0.3) is 0 Å². The van der Waals surface area contributed by atoms with E-state index in [2.05, 4.69) is 20.8 Å². The van der Waals surface area contributed by atoms with Crippen molar-refractivity contribution in [1.29, 1.82) is 0 Å². The zero-order chi connectivity index (χ0) is 26.5. The first-order valence-corrected chi connectivity index (χ1v) is 13.7. The summed E-state index contributed by atoms with van der Waals surface area (Å²) >= 11 is 0. The highest BCUT2D eigenvalue weighted by molar-refractivity contribution is 7.87. The molecule has 0 aromatic carbocycles. The van der Waals surface area contributed by atoms with E-state index in [1.165, 1.54) is 13.0 Å². The number of aliphatic hydroxyl groups excluding tert-OH is 1. The SMILES string of the molecule is CC(=O)O[C@H]1CC[C@]2(C)[C@@]3(C)CC[C@]4(C)C(OS(=O)(=O)C(F)(F)F)=CC[C@@]4(C)C3CC(O)[C@@]2(C)C1. The average molecular weight is 523 g/mol. The van der Waals surface area contributed by atoms with Crippen molar-refractivity contribution in [3.05, 3.63) is 11.8 Å². The largest absolute Gasteiger partial charge is 0.534 e. The fourth-order valence-corrected chi connectivity index (χ4v) is 9.21. The van der Waals surface area contributed by atoms with Crippen LogP contribution < -0.4 is 0 Å². The fourth-order valence-electron chi connectivity index (χ4n) is 8.63. The molecule has 8 atom stereocenters. The lowest BCUT2D eigenvalue weighted by Crippen LogP contribution is -2.69. The highest BCUT2D eigenvalue weighted by atomic mass is 32.2. The molecule has 0 amide bonds. The number of carbonyl (C=O) groups is 1. The van der Waals surface area contributed by atoms with E-state index in [1.54, 1.807) is 6.92 Å². The Morgan fingerprint density at radius 2 is 1.69 bits per heavy atom. The summed E-state index contributed by atoms with van der Waals surface area (Å²) in [6, 6.07) is 0. The second kappa shape index (κ2) is 7.62. The zero-order valence-electron chi connectivity index (χ0n) is 21.3. The summed E-state index contributed by atoms with van der Waals surface area (Å²) in [7, 11) is -5.77. The molecule has 3 fully saturated rings. The Balaban J connectivity index is 1.70. The number of allylic oxidation sites excluding steroid dienone is 2. The van der Waals surface area contributed by atoms with E-state index in [1.807, 2.05) is 6.92 Å². The Kier molecular flexibility index (Phi) is 5.82. The molecule has 0 heterocycles. The van der Waals surface area contributed by atoms with Crippen molar-refractivity contribution < 1.29 is 40.4 Å². The van der Waals surface area contributed by atoms with E-state index in [4.69, 9.17) is 8.92 Å². The molecule has 4 aliphatic rings. The molecule has 4 aliphatic carbocycles. The topological polar surface area (TPSA) is 89.9 Å². The van der Waals surface area contributed by atoms with Gasteiger partial charge in [0.1, 0.15) is 11.9 Å². The summed E-state index contributed by atoms with van der Waals surface area (Å²) in [5.74, 6) is -0.542. The lowest BCUT2D eigenvalue weighted by Gasteiger charge is -2.73. The van der Waals surface area contributed by atoms with Crippen molar-refractivity contribution in [2.24, 2.45) is 33.0 Å². The average Bonchev–Trinajstić information content (AvgIpc) is 2.96. The predicted octanol–water partition coefficient (Wildman–Crippen LogP) is 5.46. The number of aliphatic hydroxyl groups is 1. The maximum Gasteiger partial charge on any atom is 0.534 e. The number of hydrogen-bond acceptors (Lipinski definition) is 6. The minimum absolute atomic E-state index is 0.0713. The van der Waals surface area contributed by atoms with Crippen LogP contribution in [0.5, 0.6) is 0 Å². The maximum atomic E-state index is 13.1. The monoisotopic (exact) mass is 522 g/mol. The summed E-state index contributed by atoms with van der Waals surface area (Å²) in [5.41, 5.74) is -8.08. The number of halogens is 3. The molecule has 6 nitrogen and oxygen atoms in total. The summed E-state index contributed by atoms with van der Waals surface area (Å²) in [5, 5.41) is 11.6. The van der Waals surface area contributed by atoms with Crippen LogP contribution in [0.15, 0.2) is 11.8 Å². The van der Waals surface area contributed by atoms with E-state index in [0.29, 0.717) is 38.5 Å². The second-order valence-electron chi connectivity index (χ2n) is 12.5. The number of rotatable bonds is 3. The molecule has 0 aromatic rings. The van der Waals surface area contributed by atoms with Gasteiger partial charge in [-0.3, -0.25) is 4.79 Å². The predicted molar refractivity (Wildman–Crippen MR) is 122 cm³/mol. The van der Waals surface area contributed by atoms with E-state index in [-0.39, 0.29) is 34.6 Å². The fraction of sp³-hybridized carbons (Fsp3) is 0.880. The first kappa shape index (κ1) is 26.8. The molecule has 0 bridgehead atoms. The van der Waals surface area contributed by atoms with Crippen molar-refractivity contribution in [2.45, 2.75) is 104 Å². The molecule has 0 aromatic heterocycles. The Bertz CT molecular complexity index is 1060. The number of alkyl halides is 3. The summed E-state index contributed by atoms with van der Waals surface area (Å²) < 4.78 is 73.3. The molecule has 4 rings (SSSR count). The van der Waals surface area contributed by atoms with Crippen LogP contribution in [0.25, 0.3) is 0 Å². The third-order valence-electron chi connectivity index (χ3n) is 11.3. The molecular formula is C25H37F3O6S. The zero-order valence-corrected chi connectivity index (χ0v) is 22.1. The Morgan fingerprint density at radius 3 is 2.26 bits per heavy atom. The maximum absolute atomic E-state index is 13.1. The smallest absolute Gasteiger partial charge is 0.463 e. The Labute approximate surface area is 205 Å². The molecule has 0 radical (unpaired) electrons. The van der Waals surface area contributed by atoms with Crippen LogP contribution in [0.4, 0.5) is 13.2 Å².